The van der Waals surface area contributed by atoms with Crippen LogP contribution in [0.3, 0.4) is 0 Å². The van der Waals surface area contributed by atoms with Crippen LogP contribution in [0, 0.1) is 0 Å². The number of rotatable bonds is 6. The summed E-state index contributed by atoms with van der Waals surface area (Å²) < 4.78 is 0. The molecule has 1 heteroatoms. The largest absolute Gasteiger partial charge is 0.356 e. The minimum Gasteiger partial charge on any atom is -0.356 e. The molecule has 4 aliphatic carbocycles. The molecule has 4 aromatic rings. The molecule has 0 radical (unpaired) electrons. The van der Waals surface area contributed by atoms with Crippen LogP contribution >= 0.6 is 0 Å². The average molecular weight is 800 g/mol. The highest BCUT2D eigenvalue weighted by atomic mass is 14.9. The van der Waals surface area contributed by atoms with Crippen molar-refractivity contribution in [3.63, 3.8) is 0 Å². The number of anilines is 2. The topological polar surface area (TPSA) is 12.0 Å². The SMILES string of the molecule is C1=CC=CC=CC=1.C1=CC=CC=CC=1.C1=CC=CCC=C1.C1=CC=CCC=C1.CC.CC(C)(c1ccccc1)c1ccc(Nc2ccc(C(C)(C)c3ccccc3)cc2)cc1. The van der Waals surface area contributed by atoms with Crippen molar-refractivity contribution in [3.8, 4) is 0 Å². The molecule has 0 atom stereocenters. The third kappa shape index (κ3) is 19.2. The Kier molecular flexibility index (Phi) is 23.3. The zero-order valence-corrected chi connectivity index (χ0v) is 37.2. The lowest BCUT2D eigenvalue weighted by molar-refractivity contribution is 0.641. The number of hydrogen-bond donors (Lipinski definition) is 1. The van der Waals surface area contributed by atoms with E-state index in [1.165, 1.54) is 22.3 Å². The summed E-state index contributed by atoms with van der Waals surface area (Å²) >= 11 is 0. The fraction of sp³-hybridized carbons (Fsp3) is 0.167. The van der Waals surface area contributed by atoms with Gasteiger partial charge in [0, 0.05) is 22.2 Å². The van der Waals surface area contributed by atoms with Gasteiger partial charge in [0.15, 0.2) is 0 Å². The maximum Gasteiger partial charge on any atom is 0.0384 e. The smallest absolute Gasteiger partial charge is 0.0384 e. The molecule has 1 nitrogen and oxygen atoms in total. The van der Waals surface area contributed by atoms with Gasteiger partial charge in [-0.05, 0) is 83.7 Å². The highest BCUT2D eigenvalue weighted by Gasteiger charge is 2.23. The molecule has 1 N–H and O–H groups in total. The summed E-state index contributed by atoms with van der Waals surface area (Å²) in [6.07, 6.45) is 50.2. The molecule has 0 saturated carbocycles. The molecule has 0 fully saturated rings. The molecule has 0 spiro atoms. The third-order valence-corrected chi connectivity index (χ3v) is 9.68. The van der Waals surface area contributed by atoms with Crippen molar-refractivity contribution < 1.29 is 0 Å². The molecular weight excluding hydrogens is 735 g/mol. The Hall–Kier alpha value is -6.88. The predicted octanol–water partition coefficient (Wildman–Crippen LogP) is 16.9. The van der Waals surface area contributed by atoms with Crippen molar-refractivity contribution in [2.75, 3.05) is 5.32 Å². The lowest BCUT2D eigenvalue weighted by Crippen LogP contribution is -2.18. The summed E-state index contributed by atoms with van der Waals surface area (Å²) in [5.74, 6) is 0. The fourth-order valence-electron chi connectivity index (χ4n) is 6.00. The standard InChI is InChI=1S/C30H31N.2C7H8.2C7H6.C2H6/c1-29(2,23-11-7-5-8-12-23)25-15-19-27(20-16-25)31-28-21-17-26(18-22-28)30(3,4)24-13-9-6-10-14-24;4*1-2-4-6-7-5-3-1;1-2/h5-22,31H,1-4H3;2*1-6H,7H2;2*1-6H;1-2H3. The molecule has 8 rings (SSSR count). The summed E-state index contributed by atoms with van der Waals surface area (Å²) in [4.78, 5) is 0. The maximum absolute atomic E-state index is 3.54. The first-order valence-corrected chi connectivity index (χ1v) is 21.4. The van der Waals surface area contributed by atoms with Crippen molar-refractivity contribution in [1.82, 2.24) is 0 Å². The molecule has 0 bridgehead atoms. The fourth-order valence-corrected chi connectivity index (χ4v) is 6.00. The lowest BCUT2D eigenvalue weighted by Gasteiger charge is -2.27. The van der Waals surface area contributed by atoms with Crippen molar-refractivity contribution in [2.45, 2.75) is 65.2 Å². The lowest BCUT2D eigenvalue weighted by atomic mass is 9.78. The highest BCUT2D eigenvalue weighted by molar-refractivity contribution is 5.61. The van der Waals surface area contributed by atoms with Gasteiger partial charge < -0.3 is 5.32 Å². The zero-order valence-electron chi connectivity index (χ0n) is 37.2. The molecule has 61 heavy (non-hydrogen) atoms. The summed E-state index contributed by atoms with van der Waals surface area (Å²) in [5.41, 5.74) is 13.3. The van der Waals surface area contributed by atoms with E-state index in [4.69, 9.17) is 0 Å². The van der Waals surface area contributed by atoms with Crippen LogP contribution < -0.4 is 5.32 Å². The van der Waals surface area contributed by atoms with Gasteiger partial charge in [-0.2, -0.15) is 0 Å². The molecule has 0 saturated heterocycles. The van der Waals surface area contributed by atoms with Gasteiger partial charge in [-0.3, -0.25) is 0 Å². The molecule has 0 unspecified atom stereocenters. The van der Waals surface area contributed by atoms with Gasteiger partial charge in [0.2, 0.25) is 0 Å². The van der Waals surface area contributed by atoms with E-state index in [0.29, 0.717) is 0 Å². The normalized spacial score (nSPS) is 13.5. The molecule has 310 valence electrons. The monoisotopic (exact) mass is 800 g/mol. The van der Waals surface area contributed by atoms with Gasteiger partial charge >= 0.3 is 0 Å². The maximum atomic E-state index is 3.54. The highest BCUT2D eigenvalue weighted by Crippen LogP contribution is 2.34. The Labute approximate surface area is 369 Å². The van der Waals surface area contributed by atoms with Gasteiger partial charge in [0.25, 0.3) is 0 Å². The van der Waals surface area contributed by atoms with E-state index in [0.717, 1.165) is 24.2 Å². The first-order chi connectivity index (χ1) is 29.9. The molecule has 0 amide bonds. The third-order valence-electron chi connectivity index (χ3n) is 9.68. The van der Waals surface area contributed by atoms with Gasteiger partial charge in [-0.15, -0.1) is 11.5 Å². The molecule has 0 heterocycles. The number of benzene rings is 4. The summed E-state index contributed by atoms with van der Waals surface area (Å²) in [6.45, 7) is 13.1. The van der Waals surface area contributed by atoms with E-state index in [1.807, 2.05) is 111 Å². The van der Waals surface area contributed by atoms with Crippen molar-refractivity contribution in [2.24, 2.45) is 0 Å². The minimum atomic E-state index is -0.0234. The Morgan fingerprint density at radius 1 is 0.328 bits per heavy atom. The molecule has 4 aromatic carbocycles. The van der Waals surface area contributed by atoms with Gasteiger partial charge in [-0.1, -0.05) is 248 Å². The molecular formula is C60H65N. The number of allylic oxidation sites excluding steroid dienone is 22. The van der Waals surface area contributed by atoms with Crippen molar-refractivity contribution >= 4 is 11.4 Å². The van der Waals surface area contributed by atoms with E-state index >= 15 is 0 Å². The van der Waals surface area contributed by atoms with Crippen LogP contribution in [0.5, 0.6) is 0 Å². The summed E-state index contributed by atoms with van der Waals surface area (Å²) in [6, 6.07) is 38.9. The van der Waals surface area contributed by atoms with E-state index < -0.39 is 0 Å². The summed E-state index contributed by atoms with van der Waals surface area (Å²) in [7, 11) is 0. The number of hydrogen-bond acceptors (Lipinski definition) is 1. The predicted molar refractivity (Wildman–Crippen MR) is 271 cm³/mol. The van der Waals surface area contributed by atoms with E-state index in [1.54, 1.807) is 0 Å². The zero-order chi connectivity index (χ0) is 43.7. The van der Waals surface area contributed by atoms with E-state index in [-0.39, 0.29) is 10.8 Å². The second-order valence-electron chi connectivity index (χ2n) is 14.8. The van der Waals surface area contributed by atoms with Crippen LogP contribution in [-0.2, 0) is 10.8 Å². The number of nitrogens with one attached hydrogen (secondary N) is 1. The Bertz CT molecular complexity index is 2030. The first-order valence-electron chi connectivity index (χ1n) is 21.4. The molecule has 0 aromatic heterocycles. The van der Waals surface area contributed by atoms with Gasteiger partial charge in [0.05, 0.1) is 0 Å². The van der Waals surface area contributed by atoms with Gasteiger partial charge in [-0.25, -0.2) is 0 Å². The molecule has 4 aliphatic rings. The Morgan fingerprint density at radius 3 is 0.885 bits per heavy atom. The first kappa shape index (κ1) is 48.5. The molecule has 0 aliphatic heterocycles. The Morgan fingerprint density at radius 2 is 0.590 bits per heavy atom. The van der Waals surface area contributed by atoms with E-state index in [9.17, 15) is 0 Å². The minimum absolute atomic E-state index is 0.0234. The van der Waals surface area contributed by atoms with Crippen LogP contribution in [0.15, 0.2) is 266 Å². The summed E-state index contributed by atoms with van der Waals surface area (Å²) in [5, 5.41) is 3.54. The second-order valence-corrected chi connectivity index (χ2v) is 14.8. The van der Waals surface area contributed by atoms with Crippen LogP contribution in [0.4, 0.5) is 11.4 Å². The van der Waals surface area contributed by atoms with Crippen molar-refractivity contribution in [3.05, 3.63) is 289 Å². The van der Waals surface area contributed by atoms with Crippen LogP contribution in [0.1, 0.15) is 76.6 Å². The average Bonchev–Trinajstić information content (AvgIpc) is 4.00. The second kappa shape index (κ2) is 29.3. The van der Waals surface area contributed by atoms with Crippen LogP contribution in [0.2, 0.25) is 0 Å². The van der Waals surface area contributed by atoms with Crippen LogP contribution in [0.25, 0.3) is 0 Å². The van der Waals surface area contributed by atoms with Crippen LogP contribution in [-0.4, -0.2) is 0 Å². The van der Waals surface area contributed by atoms with Crippen molar-refractivity contribution in [1.29, 1.82) is 0 Å². The Balaban J connectivity index is 0.000000263. The van der Waals surface area contributed by atoms with Gasteiger partial charge in [0.1, 0.15) is 0 Å². The van der Waals surface area contributed by atoms with E-state index in [2.05, 4.69) is 202 Å². The quantitative estimate of drug-likeness (QED) is 0.192.